The topological polar surface area (TPSA) is 29.5 Å². The van der Waals surface area contributed by atoms with E-state index in [-0.39, 0.29) is 6.10 Å². The molecule has 0 radical (unpaired) electrons. The molecule has 0 amide bonds. The van der Waals surface area contributed by atoms with E-state index in [1.54, 1.807) is 0 Å². The van der Waals surface area contributed by atoms with Gasteiger partial charge in [0.1, 0.15) is 0 Å². The summed E-state index contributed by atoms with van der Waals surface area (Å²) in [4.78, 5) is 0. The zero-order chi connectivity index (χ0) is 8.01. The summed E-state index contributed by atoms with van der Waals surface area (Å²) in [6, 6.07) is 0. The molecule has 0 aromatic carbocycles. The lowest BCUT2D eigenvalue weighted by Gasteiger charge is -2.30. The maximum atomic E-state index is 9.61. The van der Waals surface area contributed by atoms with Crippen molar-refractivity contribution in [3.05, 3.63) is 0 Å². The molecule has 1 aliphatic heterocycles. The first kappa shape index (κ1) is 7.56. The number of rotatable bonds is 1. The maximum Gasteiger partial charge on any atom is 0.0807 e. The lowest BCUT2D eigenvalue weighted by atomic mass is 9.85. The van der Waals surface area contributed by atoms with E-state index >= 15 is 0 Å². The molecule has 64 valence electrons. The molecule has 0 bridgehead atoms. The largest absolute Gasteiger partial charge is 0.390 e. The van der Waals surface area contributed by atoms with Crippen LogP contribution in [0.5, 0.6) is 0 Å². The number of ether oxygens (including phenoxy) is 1. The monoisotopic (exact) mass is 156 g/mol. The fraction of sp³-hybridized carbons (Fsp3) is 1.00. The summed E-state index contributed by atoms with van der Waals surface area (Å²) in [7, 11) is 0. The fourth-order valence-corrected chi connectivity index (χ4v) is 2.34. The van der Waals surface area contributed by atoms with Gasteiger partial charge in [-0.3, -0.25) is 0 Å². The lowest BCUT2D eigenvalue weighted by Crippen LogP contribution is -2.36. The summed E-state index contributed by atoms with van der Waals surface area (Å²) in [5.74, 6) is 1.76. The SMILES string of the molecule is CC(C)[C@@H]1[C@H]2C[C@H]2OC[C@H]1O. The van der Waals surface area contributed by atoms with Crippen molar-refractivity contribution in [2.24, 2.45) is 17.8 Å². The van der Waals surface area contributed by atoms with Crippen LogP contribution in [0, 0.1) is 17.8 Å². The van der Waals surface area contributed by atoms with Gasteiger partial charge in [0.2, 0.25) is 0 Å². The van der Waals surface area contributed by atoms with E-state index in [2.05, 4.69) is 13.8 Å². The molecule has 0 aromatic heterocycles. The minimum Gasteiger partial charge on any atom is -0.390 e. The second kappa shape index (κ2) is 2.46. The Bertz CT molecular complexity index is 154. The van der Waals surface area contributed by atoms with E-state index in [4.69, 9.17) is 4.74 Å². The average molecular weight is 156 g/mol. The smallest absolute Gasteiger partial charge is 0.0807 e. The maximum absolute atomic E-state index is 9.61. The van der Waals surface area contributed by atoms with Crippen LogP contribution in [0.3, 0.4) is 0 Å². The van der Waals surface area contributed by atoms with Crippen LogP contribution < -0.4 is 0 Å². The molecular formula is C9H16O2. The number of hydrogen-bond acceptors (Lipinski definition) is 2. The van der Waals surface area contributed by atoms with E-state index in [0.29, 0.717) is 30.5 Å². The summed E-state index contributed by atoms with van der Waals surface area (Å²) in [6.07, 6.45) is 1.46. The van der Waals surface area contributed by atoms with Crippen molar-refractivity contribution >= 4 is 0 Å². The van der Waals surface area contributed by atoms with Crippen molar-refractivity contribution in [2.75, 3.05) is 6.61 Å². The quantitative estimate of drug-likeness (QED) is 0.614. The minimum atomic E-state index is -0.209. The molecule has 1 aliphatic carbocycles. The number of fused-ring (bicyclic) bond motifs is 1. The standard InChI is InChI=1S/C9H16O2/c1-5(2)9-6-3-8(6)11-4-7(9)10/h5-10H,3-4H2,1-2H3/t6-,7+,8+,9+/m0/s1. The van der Waals surface area contributed by atoms with Crippen LogP contribution in [0.25, 0.3) is 0 Å². The van der Waals surface area contributed by atoms with Crippen LogP contribution in [-0.2, 0) is 4.74 Å². The third-order valence-corrected chi connectivity index (χ3v) is 2.97. The van der Waals surface area contributed by atoms with E-state index in [1.807, 2.05) is 0 Å². The van der Waals surface area contributed by atoms with Gasteiger partial charge in [0.05, 0.1) is 18.8 Å². The molecule has 11 heavy (non-hydrogen) atoms. The number of aliphatic hydroxyl groups is 1. The van der Waals surface area contributed by atoms with Crippen LogP contribution in [0.15, 0.2) is 0 Å². The minimum absolute atomic E-state index is 0.209. The Morgan fingerprint density at radius 1 is 1.45 bits per heavy atom. The van der Waals surface area contributed by atoms with Crippen molar-refractivity contribution < 1.29 is 9.84 Å². The zero-order valence-corrected chi connectivity index (χ0v) is 7.16. The third-order valence-electron chi connectivity index (χ3n) is 2.97. The molecule has 2 heteroatoms. The van der Waals surface area contributed by atoms with Crippen molar-refractivity contribution in [3.8, 4) is 0 Å². The Kier molecular flexibility index (Phi) is 1.69. The molecule has 1 heterocycles. The summed E-state index contributed by atoms with van der Waals surface area (Å²) in [5.41, 5.74) is 0. The predicted octanol–water partition coefficient (Wildman–Crippen LogP) is 1.04. The first-order valence-electron chi connectivity index (χ1n) is 4.50. The van der Waals surface area contributed by atoms with Crippen LogP contribution in [0.4, 0.5) is 0 Å². The van der Waals surface area contributed by atoms with Crippen molar-refractivity contribution in [1.82, 2.24) is 0 Å². The van der Waals surface area contributed by atoms with E-state index in [1.165, 1.54) is 6.42 Å². The van der Waals surface area contributed by atoms with E-state index in [9.17, 15) is 5.11 Å². The van der Waals surface area contributed by atoms with Gasteiger partial charge in [-0.2, -0.15) is 0 Å². The Balaban J connectivity index is 2.04. The first-order chi connectivity index (χ1) is 5.20. The number of aliphatic hydroxyl groups excluding tert-OH is 1. The van der Waals surface area contributed by atoms with Crippen molar-refractivity contribution in [3.63, 3.8) is 0 Å². The Hall–Kier alpha value is -0.0800. The van der Waals surface area contributed by atoms with E-state index < -0.39 is 0 Å². The molecular weight excluding hydrogens is 140 g/mol. The highest BCUT2D eigenvalue weighted by Crippen LogP contribution is 2.47. The second-order valence-electron chi connectivity index (χ2n) is 4.16. The highest BCUT2D eigenvalue weighted by atomic mass is 16.5. The molecule has 2 rings (SSSR count). The van der Waals surface area contributed by atoms with Gasteiger partial charge < -0.3 is 9.84 Å². The highest BCUT2D eigenvalue weighted by Gasteiger charge is 2.51. The Morgan fingerprint density at radius 2 is 2.18 bits per heavy atom. The summed E-state index contributed by atoms with van der Waals surface area (Å²) in [6.45, 7) is 4.94. The van der Waals surface area contributed by atoms with Gasteiger partial charge >= 0.3 is 0 Å². The van der Waals surface area contributed by atoms with Gasteiger partial charge in [-0.25, -0.2) is 0 Å². The molecule has 0 spiro atoms. The van der Waals surface area contributed by atoms with Gasteiger partial charge in [0.15, 0.2) is 0 Å². The van der Waals surface area contributed by atoms with Crippen LogP contribution in [-0.4, -0.2) is 23.9 Å². The predicted molar refractivity (Wildman–Crippen MR) is 42.2 cm³/mol. The summed E-state index contributed by atoms with van der Waals surface area (Å²) < 4.78 is 5.39. The van der Waals surface area contributed by atoms with Gasteiger partial charge in [0.25, 0.3) is 0 Å². The lowest BCUT2D eigenvalue weighted by molar-refractivity contribution is -0.0631. The van der Waals surface area contributed by atoms with Gasteiger partial charge in [-0.05, 0) is 24.2 Å². The molecule has 2 aliphatic rings. The highest BCUT2D eigenvalue weighted by molar-refractivity contribution is 4.99. The number of hydrogen-bond donors (Lipinski definition) is 1. The Labute approximate surface area is 67.6 Å². The normalized spacial score (nSPS) is 49.1. The van der Waals surface area contributed by atoms with Gasteiger partial charge in [-0.15, -0.1) is 0 Å². The molecule has 1 saturated heterocycles. The van der Waals surface area contributed by atoms with Gasteiger partial charge in [0, 0.05) is 0 Å². The summed E-state index contributed by atoms with van der Waals surface area (Å²) in [5, 5.41) is 9.61. The van der Waals surface area contributed by atoms with Crippen LogP contribution in [0.1, 0.15) is 20.3 Å². The Morgan fingerprint density at radius 3 is 2.73 bits per heavy atom. The molecule has 2 fully saturated rings. The second-order valence-corrected chi connectivity index (χ2v) is 4.16. The fourth-order valence-electron chi connectivity index (χ4n) is 2.34. The average Bonchev–Trinajstić information content (AvgIpc) is 2.64. The van der Waals surface area contributed by atoms with Gasteiger partial charge in [-0.1, -0.05) is 13.8 Å². The van der Waals surface area contributed by atoms with E-state index in [0.717, 1.165) is 0 Å². The van der Waals surface area contributed by atoms with Crippen molar-refractivity contribution in [2.45, 2.75) is 32.5 Å². The molecule has 1 saturated carbocycles. The first-order valence-corrected chi connectivity index (χ1v) is 4.50. The molecule has 0 unspecified atom stereocenters. The zero-order valence-electron chi connectivity index (χ0n) is 7.16. The van der Waals surface area contributed by atoms with Crippen LogP contribution in [0.2, 0.25) is 0 Å². The molecule has 0 aromatic rings. The summed E-state index contributed by atoms with van der Waals surface area (Å²) >= 11 is 0. The molecule has 2 nitrogen and oxygen atoms in total. The molecule has 1 N–H and O–H groups in total. The third kappa shape index (κ3) is 1.18. The van der Waals surface area contributed by atoms with Crippen molar-refractivity contribution in [1.29, 1.82) is 0 Å². The molecule has 4 atom stereocenters. The van der Waals surface area contributed by atoms with Crippen LogP contribution >= 0.6 is 0 Å².